The van der Waals surface area contributed by atoms with Crippen LogP contribution in [0.1, 0.15) is 5.89 Å². The van der Waals surface area contributed by atoms with E-state index >= 15 is 0 Å². The van der Waals surface area contributed by atoms with E-state index in [0.717, 1.165) is 6.07 Å². The van der Waals surface area contributed by atoms with Crippen molar-refractivity contribution in [1.82, 2.24) is 14.9 Å². The van der Waals surface area contributed by atoms with Crippen molar-refractivity contribution >= 4 is 15.7 Å². The van der Waals surface area contributed by atoms with Crippen molar-refractivity contribution in [3.63, 3.8) is 0 Å². The van der Waals surface area contributed by atoms with Crippen LogP contribution in [0.5, 0.6) is 5.75 Å². The third-order valence-electron chi connectivity index (χ3n) is 3.57. The van der Waals surface area contributed by atoms with E-state index in [4.69, 9.17) is 9.26 Å². The maximum atomic E-state index is 12.3. The highest BCUT2D eigenvalue weighted by molar-refractivity contribution is 7.89. The van der Waals surface area contributed by atoms with E-state index in [0.29, 0.717) is 11.3 Å². The van der Waals surface area contributed by atoms with Crippen LogP contribution in [0.2, 0.25) is 0 Å². The number of ether oxygens (including phenoxy) is 1. The number of hydrogen-bond donors (Lipinski definition) is 1. The van der Waals surface area contributed by atoms with Crippen molar-refractivity contribution in [2.75, 3.05) is 7.11 Å². The van der Waals surface area contributed by atoms with Crippen LogP contribution in [-0.4, -0.2) is 30.6 Å². The molecule has 0 atom stereocenters. The highest BCUT2D eigenvalue weighted by Crippen LogP contribution is 2.27. The third-order valence-corrected chi connectivity index (χ3v) is 4.97. The SMILES string of the molecule is COc1ccccc1-c1noc(CNS(=O)(=O)c2cccc([N+](=O)[O-])c2)n1. The number of nitrogens with one attached hydrogen (secondary N) is 1. The number of non-ortho nitro benzene ring substituents is 1. The maximum absolute atomic E-state index is 12.3. The first-order valence-electron chi connectivity index (χ1n) is 7.61. The number of rotatable bonds is 7. The van der Waals surface area contributed by atoms with Crippen molar-refractivity contribution in [3.05, 3.63) is 64.5 Å². The summed E-state index contributed by atoms with van der Waals surface area (Å²) in [5, 5.41) is 14.6. The third kappa shape index (κ3) is 4.10. The topological polar surface area (TPSA) is 137 Å². The smallest absolute Gasteiger partial charge is 0.270 e. The fourth-order valence-corrected chi connectivity index (χ4v) is 3.28. The number of nitro groups is 1. The molecule has 0 unspecified atom stereocenters. The van der Waals surface area contributed by atoms with Gasteiger partial charge in [0.1, 0.15) is 5.75 Å². The monoisotopic (exact) mass is 390 g/mol. The fraction of sp³-hybridized carbons (Fsp3) is 0.125. The lowest BCUT2D eigenvalue weighted by Gasteiger charge is -2.04. The van der Waals surface area contributed by atoms with Crippen molar-refractivity contribution in [2.24, 2.45) is 0 Å². The summed E-state index contributed by atoms with van der Waals surface area (Å²) in [6, 6.07) is 11.8. The molecule has 1 N–H and O–H groups in total. The van der Waals surface area contributed by atoms with E-state index in [-0.39, 0.29) is 28.8 Å². The highest BCUT2D eigenvalue weighted by atomic mass is 32.2. The molecule has 3 aromatic rings. The van der Waals surface area contributed by atoms with Crippen LogP contribution in [0.4, 0.5) is 5.69 Å². The number of para-hydroxylation sites is 1. The van der Waals surface area contributed by atoms with Crippen molar-refractivity contribution in [3.8, 4) is 17.1 Å². The van der Waals surface area contributed by atoms with Gasteiger partial charge in [0.05, 0.1) is 29.0 Å². The maximum Gasteiger partial charge on any atom is 0.270 e. The van der Waals surface area contributed by atoms with Gasteiger partial charge in [0.15, 0.2) is 0 Å². The minimum Gasteiger partial charge on any atom is -0.496 e. The number of sulfonamides is 1. The molecule has 1 heterocycles. The van der Waals surface area contributed by atoms with Gasteiger partial charge in [-0.05, 0) is 18.2 Å². The highest BCUT2D eigenvalue weighted by Gasteiger charge is 2.19. The molecular formula is C16H14N4O6S. The summed E-state index contributed by atoms with van der Waals surface area (Å²) in [4.78, 5) is 14.0. The Morgan fingerprint density at radius 1 is 1.22 bits per heavy atom. The molecule has 0 saturated heterocycles. The molecule has 11 heteroatoms. The predicted molar refractivity (Wildman–Crippen MR) is 93.4 cm³/mol. The van der Waals surface area contributed by atoms with E-state index in [9.17, 15) is 18.5 Å². The van der Waals surface area contributed by atoms with E-state index in [1.165, 1.54) is 25.3 Å². The fourth-order valence-electron chi connectivity index (χ4n) is 2.27. The minimum atomic E-state index is -3.99. The molecule has 0 radical (unpaired) electrons. The number of aromatic nitrogens is 2. The number of nitro benzene ring substituents is 1. The summed E-state index contributed by atoms with van der Waals surface area (Å²) >= 11 is 0. The molecule has 0 spiro atoms. The summed E-state index contributed by atoms with van der Waals surface area (Å²) in [7, 11) is -2.48. The number of methoxy groups -OCH3 is 1. The molecule has 0 aliphatic carbocycles. The molecular weight excluding hydrogens is 376 g/mol. The summed E-state index contributed by atoms with van der Waals surface area (Å²) in [5.74, 6) is 0.823. The molecule has 1 aromatic heterocycles. The lowest BCUT2D eigenvalue weighted by Crippen LogP contribution is -2.23. The molecule has 0 amide bonds. The van der Waals surface area contributed by atoms with Crippen LogP contribution in [0.25, 0.3) is 11.4 Å². The molecule has 10 nitrogen and oxygen atoms in total. The number of nitrogens with zero attached hydrogens (tertiary/aromatic N) is 3. The van der Waals surface area contributed by atoms with E-state index in [1.807, 2.05) is 0 Å². The Morgan fingerprint density at radius 3 is 2.74 bits per heavy atom. The molecule has 0 saturated carbocycles. The van der Waals surface area contributed by atoms with Gasteiger partial charge in [-0.3, -0.25) is 10.1 Å². The lowest BCUT2D eigenvalue weighted by molar-refractivity contribution is -0.385. The Labute approximate surface area is 154 Å². The van der Waals surface area contributed by atoms with Gasteiger partial charge in [-0.15, -0.1) is 0 Å². The molecule has 0 aliphatic rings. The Balaban J connectivity index is 1.76. The first kappa shape index (κ1) is 18.5. The van der Waals surface area contributed by atoms with Gasteiger partial charge in [-0.2, -0.15) is 4.98 Å². The molecule has 140 valence electrons. The lowest BCUT2D eigenvalue weighted by atomic mass is 10.2. The van der Waals surface area contributed by atoms with E-state index < -0.39 is 14.9 Å². The van der Waals surface area contributed by atoms with E-state index in [2.05, 4.69) is 14.9 Å². The summed E-state index contributed by atoms with van der Waals surface area (Å²) in [6.07, 6.45) is 0. The molecule has 0 aliphatic heterocycles. The quantitative estimate of drug-likeness (QED) is 0.478. The van der Waals surface area contributed by atoms with Gasteiger partial charge in [0, 0.05) is 12.1 Å². The number of hydrogen-bond acceptors (Lipinski definition) is 8. The second-order valence-corrected chi connectivity index (χ2v) is 7.06. The van der Waals surface area contributed by atoms with Gasteiger partial charge >= 0.3 is 0 Å². The van der Waals surface area contributed by atoms with Gasteiger partial charge in [-0.25, -0.2) is 13.1 Å². The summed E-state index contributed by atoms with van der Waals surface area (Å²) < 4.78 is 37.2. The minimum absolute atomic E-state index is 0.0323. The molecule has 2 aromatic carbocycles. The predicted octanol–water partition coefficient (Wildman–Crippen LogP) is 2.13. The van der Waals surface area contributed by atoms with Crippen LogP contribution in [0.15, 0.2) is 57.9 Å². The summed E-state index contributed by atoms with van der Waals surface area (Å²) in [6.45, 7) is -0.271. The molecule has 0 bridgehead atoms. The zero-order chi connectivity index (χ0) is 19.4. The molecule has 3 rings (SSSR count). The second-order valence-electron chi connectivity index (χ2n) is 5.29. The zero-order valence-corrected chi connectivity index (χ0v) is 14.8. The average molecular weight is 390 g/mol. The zero-order valence-electron chi connectivity index (χ0n) is 14.0. The first-order valence-corrected chi connectivity index (χ1v) is 9.09. The van der Waals surface area contributed by atoms with Gasteiger partial charge < -0.3 is 9.26 Å². The Hall–Kier alpha value is -3.31. The Bertz CT molecular complexity index is 1080. The van der Waals surface area contributed by atoms with Crippen LogP contribution >= 0.6 is 0 Å². The molecule has 0 fully saturated rings. The van der Waals surface area contributed by atoms with Crippen LogP contribution in [0.3, 0.4) is 0 Å². The normalized spacial score (nSPS) is 11.3. The van der Waals surface area contributed by atoms with Gasteiger partial charge in [0.2, 0.25) is 21.7 Å². The largest absolute Gasteiger partial charge is 0.496 e. The Morgan fingerprint density at radius 2 is 2.00 bits per heavy atom. The van der Waals surface area contributed by atoms with Gasteiger partial charge in [-0.1, -0.05) is 23.4 Å². The van der Waals surface area contributed by atoms with Crippen LogP contribution in [0, 0.1) is 10.1 Å². The average Bonchev–Trinajstić information content (AvgIpc) is 3.15. The van der Waals surface area contributed by atoms with Crippen LogP contribution < -0.4 is 9.46 Å². The van der Waals surface area contributed by atoms with E-state index in [1.54, 1.807) is 24.3 Å². The van der Waals surface area contributed by atoms with Crippen molar-refractivity contribution < 1.29 is 22.6 Å². The van der Waals surface area contributed by atoms with Crippen LogP contribution in [-0.2, 0) is 16.6 Å². The van der Waals surface area contributed by atoms with Gasteiger partial charge in [0.25, 0.3) is 5.69 Å². The molecule has 27 heavy (non-hydrogen) atoms. The first-order chi connectivity index (χ1) is 12.9. The number of benzene rings is 2. The standard InChI is InChI=1S/C16H14N4O6S/c1-25-14-8-3-2-7-13(14)16-18-15(26-19-16)10-17-27(23,24)12-6-4-5-11(9-12)20(21)22/h2-9,17H,10H2,1H3. The second kappa shape index (κ2) is 7.51. The van der Waals surface area contributed by atoms with Crippen molar-refractivity contribution in [1.29, 1.82) is 0 Å². The summed E-state index contributed by atoms with van der Waals surface area (Å²) in [5.41, 5.74) is 0.269. The van der Waals surface area contributed by atoms with Crippen molar-refractivity contribution in [2.45, 2.75) is 11.4 Å². The Kier molecular flexibility index (Phi) is 5.14.